The SMILES string of the molecule is Cc1cncc(NCC(=O)N2CCc3sccc3C2)n1. The Morgan fingerprint density at radius 1 is 1.50 bits per heavy atom. The number of carbonyl (C=O) groups excluding carboxylic acids is 1. The first-order valence-corrected chi connectivity index (χ1v) is 7.46. The predicted octanol–water partition coefficient (Wildman–Crippen LogP) is 1.84. The van der Waals surface area contributed by atoms with Crippen LogP contribution in [-0.2, 0) is 17.8 Å². The van der Waals surface area contributed by atoms with Crippen molar-refractivity contribution in [3.63, 3.8) is 0 Å². The fraction of sp³-hybridized carbons (Fsp3) is 0.357. The van der Waals surface area contributed by atoms with Crippen molar-refractivity contribution in [2.24, 2.45) is 0 Å². The summed E-state index contributed by atoms with van der Waals surface area (Å²) in [5.74, 6) is 0.747. The van der Waals surface area contributed by atoms with E-state index in [1.165, 1.54) is 10.4 Å². The molecule has 0 bridgehead atoms. The van der Waals surface area contributed by atoms with Crippen molar-refractivity contribution in [1.82, 2.24) is 14.9 Å². The average molecular weight is 288 g/mol. The van der Waals surface area contributed by atoms with Gasteiger partial charge >= 0.3 is 0 Å². The first-order chi connectivity index (χ1) is 9.72. The van der Waals surface area contributed by atoms with E-state index in [2.05, 4.69) is 26.7 Å². The van der Waals surface area contributed by atoms with E-state index in [0.717, 1.165) is 25.2 Å². The lowest BCUT2D eigenvalue weighted by Crippen LogP contribution is -2.38. The van der Waals surface area contributed by atoms with E-state index < -0.39 is 0 Å². The Morgan fingerprint density at radius 2 is 2.40 bits per heavy atom. The Kier molecular flexibility index (Phi) is 3.64. The lowest BCUT2D eigenvalue weighted by Gasteiger charge is -2.27. The van der Waals surface area contributed by atoms with Crippen LogP contribution in [0.2, 0.25) is 0 Å². The van der Waals surface area contributed by atoms with Crippen molar-refractivity contribution < 1.29 is 4.79 Å². The van der Waals surface area contributed by atoms with Gasteiger partial charge in [-0.15, -0.1) is 11.3 Å². The summed E-state index contributed by atoms with van der Waals surface area (Å²) in [6.45, 7) is 3.66. The maximum atomic E-state index is 12.2. The number of anilines is 1. The summed E-state index contributed by atoms with van der Waals surface area (Å²) < 4.78 is 0. The van der Waals surface area contributed by atoms with Gasteiger partial charge in [-0.05, 0) is 30.4 Å². The quantitative estimate of drug-likeness (QED) is 0.936. The van der Waals surface area contributed by atoms with Gasteiger partial charge in [0.25, 0.3) is 0 Å². The normalized spacial score (nSPS) is 13.9. The minimum Gasteiger partial charge on any atom is -0.360 e. The Bertz CT molecular complexity index is 625. The monoisotopic (exact) mass is 288 g/mol. The highest BCUT2D eigenvalue weighted by Crippen LogP contribution is 2.23. The summed E-state index contributed by atoms with van der Waals surface area (Å²) >= 11 is 1.78. The van der Waals surface area contributed by atoms with Crippen molar-refractivity contribution in [3.05, 3.63) is 40.0 Å². The molecule has 104 valence electrons. The molecule has 0 fully saturated rings. The lowest BCUT2D eigenvalue weighted by molar-refractivity contribution is -0.130. The first-order valence-electron chi connectivity index (χ1n) is 6.58. The Balaban J connectivity index is 1.58. The molecule has 1 N–H and O–H groups in total. The van der Waals surface area contributed by atoms with E-state index in [-0.39, 0.29) is 12.5 Å². The second-order valence-electron chi connectivity index (χ2n) is 4.83. The molecule has 5 nitrogen and oxygen atoms in total. The summed E-state index contributed by atoms with van der Waals surface area (Å²) in [7, 11) is 0. The van der Waals surface area contributed by atoms with Gasteiger partial charge in [0.1, 0.15) is 5.82 Å². The number of fused-ring (bicyclic) bond motifs is 1. The number of hydrogen-bond donors (Lipinski definition) is 1. The maximum Gasteiger partial charge on any atom is 0.242 e. The molecule has 2 aromatic heterocycles. The second-order valence-corrected chi connectivity index (χ2v) is 5.83. The molecule has 0 saturated carbocycles. The van der Waals surface area contributed by atoms with Crippen molar-refractivity contribution in [1.29, 1.82) is 0 Å². The van der Waals surface area contributed by atoms with E-state index in [0.29, 0.717) is 5.82 Å². The smallest absolute Gasteiger partial charge is 0.242 e. The van der Waals surface area contributed by atoms with E-state index in [1.807, 2.05) is 11.8 Å². The Morgan fingerprint density at radius 3 is 3.25 bits per heavy atom. The number of rotatable bonds is 3. The van der Waals surface area contributed by atoms with Gasteiger partial charge in [-0.1, -0.05) is 0 Å². The zero-order chi connectivity index (χ0) is 13.9. The van der Waals surface area contributed by atoms with Gasteiger partial charge < -0.3 is 10.2 Å². The molecule has 1 amide bonds. The fourth-order valence-corrected chi connectivity index (χ4v) is 3.18. The first kappa shape index (κ1) is 13.1. The zero-order valence-electron chi connectivity index (χ0n) is 11.3. The van der Waals surface area contributed by atoms with Crippen LogP contribution >= 0.6 is 11.3 Å². The Labute approximate surface area is 121 Å². The molecule has 0 aliphatic carbocycles. The number of aryl methyl sites for hydroxylation is 1. The van der Waals surface area contributed by atoms with Crippen LogP contribution in [0.1, 0.15) is 16.1 Å². The fourth-order valence-electron chi connectivity index (χ4n) is 2.29. The molecule has 6 heteroatoms. The number of thiophene rings is 1. The van der Waals surface area contributed by atoms with Gasteiger partial charge in [-0.25, -0.2) is 4.98 Å². The van der Waals surface area contributed by atoms with E-state index in [9.17, 15) is 4.79 Å². The predicted molar refractivity (Wildman–Crippen MR) is 78.7 cm³/mol. The summed E-state index contributed by atoms with van der Waals surface area (Å²) in [5.41, 5.74) is 2.12. The molecule has 1 aliphatic heterocycles. The van der Waals surface area contributed by atoms with Gasteiger partial charge in [0.05, 0.1) is 18.4 Å². The van der Waals surface area contributed by atoms with Crippen molar-refractivity contribution in [2.75, 3.05) is 18.4 Å². The van der Waals surface area contributed by atoms with Gasteiger partial charge in [-0.2, -0.15) is 0 Å². The van der Waals surface area contributed by atoms with Crippen molar-refractivity contribution in [2.45, 2.75) is 19.9 Å². The summed E-state index contributed by atoms with van der Waals surface area (Å²) in [5, 5.41) is 5.13. The largest absolute Gasteiger partial charge is 0.360 e. The zero-order valence-corrected chi connectivity index (χ0v) is 12.1. The molecule has 0 radical (unpaired) electrons. The second kappa shape index (κ2) is 5.58. The highest BCUT2D eigenvalue weighted by Gasteiger charge is 2.21. The molecule has 2 aromatic rings. The van der Waals surface area contributed by atoms with Crippen LogP contribution in [0.3, 0.4) is 0 Å². The molecule has 20 heavy (non-hydrogen) atoms. The van der Waals surface area contributed by atoms with Gasteiger partial charge in [-0.3, -0.25) is 9.78 Å². The third-order valence-electron chi connectivity index (χ3n) is 3.34. The van der Waals surface area contributed by atoms with Crippen LogP contribution in [0.5, 0.6) is 0 Å². The number of amides is 1. The summed E-state index contributed by atoms with van der Waals surface area (Å²) in [6.07, 6.45) is 4.28. The topological polar surface area (TPSA) is 58.1 Å². The average Bonchev–Trinajstić information content (AvgIpc) is 2.92. The van der Waals surface area contributed by atoms with Crippen LogP contribution in [0.4, 0.5) is 5.82 Å². The highest BCUT2D eigenvalue weighted by atomic mass is 32.1. The van der Waals surface area contributed by atoms with Gasteiger partial charge in [0.15, 0.2) is 0 Å². The molecule has 1 aliphatic rings. The van der Waals surface area contributed by atoms with E-state index in [4.69, 9.17) is 0 Å². The molecule has 3 heterocycles. The van der Waals surface area contributed by atoms with Crippen LogP contribution in [0, 0.1) is 6.92 Å². The summed E-state index contributed by atoms with van der Waals surface area (Å²) in [4.78, 5) is 23.8. The van der Waals surface area contributed by atoms with Crippen LogP contribution < -0.4 is 5.32 Å². The van der Waals surface area contributed by atoms with Crippen LogP contribution in [0.15, 0.2) is 23.8 Å². The molecular weight excluding hydrogens is 272 g/mol. The van der Waals surface area contributed by atoms with E-state index in [1.54, 1.807) is 23.7 Å². The van der Waals surface area contributed by atoms with Gasteiger partial charge in [0, 0.05) is 24.2 Å². The molecule has 0 saturated heterocycles. The number of carbonyl (C=O) groups is 1. The third-order valence-corrected chi connectivity index (χ3v) is 4.36. The summed E-state index contributed by atoms with van der Waals surface area (Å²) in [6, 6.07) is 2.11. The van der Waals surface area contributed by atoms with Crippen LogP contribution in [-0.4, -0.2) is 33.9 Å². The Hall–Kier alpha value is -1.95. The number of aromatic nitrogens is 2. The maximum absolute atomic E-state index is 12.2. The lowest BCUT2D eigenvalue weighted by atomic mass is 10.1. The molecule has 0 unspecified atom stereocenters. The molecule has 0 aromatic carbocycles. The number of nitrogens with one attached hydrogen (secondary N) is 1. The molecule has 3 rings (SSSR count). The van der Waals surface area contributed by atoms with Crippen LogP contribution in [0.25, 0.3) is 0 Å². The van der Waals surface area contributed by atoms with Crippen molar-refractivity contribution in [3.8, 4) is 0 Å². The molecule has 0 atom stereocenters. The number of hydrogen-bond acceptors (Lipinski definition) is 5. The third kappa shape index (κ3) is 2.80. The standard InChI is InChI=1S/C14H16N4OS/c1-10-6-15-7-13(17-10)16-8-14(19)18-4-2-12-11(9-18)3-5-20-12/h3,5-7H,2,4,8-9H2,1H3,(H,16,17). The highest BCUT2D eigenvalue weighted by molar-refractivity contribution is 7.10. The minimum absolute atomic E-state index is 0.102. The molecular formula is C14H16N4OS. The van der Waals surface area contributed by atoms with Crippen molar-refractivity contribution >= 4 is 23.1 Å². The molecule has 0 spiro atoms. The van der Waals surface area contributed by atoms with E-state index >= 15 is 0 Å². The number of nitrogens with zero attached hydrogens (tertiary/aromatic N) is 3. The van der Waals surface area contributed by atoms with Gasteiger partial charge in [0.2, 0.25) is 5.91 Å². The minimum atomic E-state index is 0.102.